The maximum absolute atomic E-state index is 12.2. The lowest BCUT2D eigenvalue weighted by Crippen LogP contribution is -2.45. The van der Waals surface area contributed by atoms with E-state index in [1.165, 1.54) is 0 Å². The number of carbonyl (C=O) groups is 1. The number of anilines is 1. The summed E-state index contributed by atoms with van der Waals surface area (Å²) in [5.41, 5.74) is 0.470. The maximum atomic E-state index is 12.2. The van der Waals surface area contributed by atoms with Crippen LogP contribution in [0.15, 0.2) is 12.4 Å². The number of hydrogen-bond acceptors (Lipinski definition) is 7. The van der Waals surface area contributed by atoms with Crippen LogP contribution in [-0.2, 0) is 14.2 Å². The molecule has 0 saturated carbocycles. The molecule has 8 nitrogen and oxygen atoms in total. The molecule has 4 heterocycles. The van der Waals surface area contributed by atoms with Gasteiger partial charge in [0.25, 0.3) is 5.91 Å². The van der Waals surface area contributed by atoms with Crippen LogP contribution in [-0.4, -0.2) is 67.2 Å². The van der Waals surface area contributed by atoms with E-state index in [1.54, 1.807) is 12.4 Å². The van der Waals surface area contributed by atoms with Crippen LogP contribution in [0, 0.1) is 0 Å². The summed E-state index contributed by atoms with van der Waals surface area (Å²) in [6.45, 7) is 4.23. The van der Waals surface area contributed by atoms with Crippen LogP contribution in [0.2, 0.25) is 0 Å². The number of aromatic nitrogens is 2. The van der Waals surface area contributed by atoms with Gasteiger partial charge < -0.3 is 24.4 Å². The van der Waals surface area contributed by atoms with Crippen molar-refractivity contribution in [3.8, 4) is 0 Å². The highest BCUT2D eigenvalue weighted by Crippen LogP contribution is 2.32. The Morgan fingerprint density at radius 2 is 1.92 bits per heavy atom. The van der Waals surface area contributed by atoms with E-state index < -0.39 is 5.79 Å². The van der Waals surface area contributed by atoms with Gasteiger partial charge in [0.15, 0.2) is 5.79 Å². The van der Waals surface area contributed by atoms with E-state index in [1.807, 2.05) is 0 Å². The van der Waals surface area contributed by atoms with Crippen LogP contribution in [0.4, 0.5) is 5.95 Å². The molecule has 25 heavy (non-hydrogen) atoms. The van der Waals surface area contributed by atoms with Crippen molar-refractivity contribution in [1.29, 1.82) is 0 Å². The molecule has 8 heteroatoms. The summed E-state index contributed by atoms with van der Waals surface area (Å²) in [6.07, 6.45) is 6.97. The number of nitrogens with zero attached hydrogens (tertiary/aromatic N) is 3. The van der Waals surface area contributed by atoms with Crippen LogP contribution in [0.1, 0.15) is 36.0 Å². The fraction of sp³-hybridized carbons (Fsp3) is 0.706. The lowest BCUT2D eigenvalue weighted by molar-refractivity contribution is -0.169. The number of piperidine rings is 1. The van der Waals surface area contributed by atoms with Crippen molar-refractivity contribution in [2.45, 2.75) is 37.6 Å². The Bertz CT molecular complexity index is 587. The third-order valence-corrected chi connectivity index (χ3v) is 5.04. The first kappa shape index (κ1) is 16.7. The van der Waals surface area contributed by atoms with E-state index in [-0.39, 0.29) is 12.0 Å². The van der Waals surface area contributed by atoms with Gasteiger partial charge in [-0.3, -0.25) is 4.79 Å². The summed E-state index contributed by atoms with van der Waals surface area (Å²) in [6, 6.07) is 0. The van der Waals surface area contributed by atoms with Gasteiger partial charge in [-0.15, -0.1) is 0 Å². The summed E-state index contributed by atoms with van der Waals surface area (Å²) >= 11 is 0. The minimum absolute atomic E-state index is 0.129. The van der Waals surface area contributed by atoms with E-state index in [2.05, 4.69) is 20.2 Å². The molecule has 0 aromatic carbocycles. The normalized spacial score (nSPS) is 25.4. The molecule has 1 unspecified atom stereocenters. The van der Waals surface area contributed by atoms with Crippen molar-refractivity contribution in [3.63, 3.8) is 0 Å². The Balaban J connectivity index is 1.30. The van der Waals surface area contributed by atoms with E-state index >= 15 is 0 Å². The first-order valence-corrected chi connectivity index (χ1v) is 8.99. The molecule has 3 saturated heterocycles. The zero-order valence-electron chi connectivity index (χ0n) is 14.3. The highest BCUT2D eigenvalue weighted by molar-refractivity contribution is 5.93. The molecule has 3 aliphatic heterocycles. The Labute approximate surface area is 146 Å². The van der Waals surface area contributed by atoms with Gasteiger partial charge in [-0.1, -0.05) is 0 Å². The maximum Gasteiger partial charge on any atom is 0.254 e. The molecule has 0 aliphatic carbocycles. The molecule has 1 spiro atoms. The van der Waals surface area contributed by atoms with Gasteiger partial charge >= 0.3 is 0 Å². The van der Waals surface area contributed by atoms with Crippen LogP contribution in [0.5, 0.6) is 0 Å². The van der Waals surface area contributed by atoms with Gasteiger partial charge in [0.1, 0.15) is 0 Å². The first-order chi connectivity index (χ1) is 12.2. The largest absolute Gasteiger partial charge is 0.376 e. The highest BCUT2D eigenvalue weighted by atomic mass is 16.7. The van der Waals surface area contributed by atoms with Crippen molar-refractivity contribution in [2.75, 3.05) is 44.4 Å². The molecular formula is C17H24N4O4. The average molecular weight is 348 g/mol. The zero-order valence-corrected chi connectivity index (χ0v) is 14.3. The second kappa shape index (κ2) is 7.23. The zero-order chi connectivity index (χ0) is 17.1. The Morgan fingerprint density at radius 3 is 2.56 bits per heavy atom. The van der Waals surface area contributed by atoms with Crippen molar-refractivity contribution in [3.05, 3.63) is 18.0 Å². The summed E-state index contributed by atoms with van der Waals surface area (Å²) in [5, 5.41) is 2.88. The molecule has 1 atom stereocenters. The number of carbonyl (C=O) groups excluding carboxylic acids is 1. The SMILES string of the molecule is O=C(NCC1CCCO1)c1cnc(N2CCC3(CC2)OCCO3)nc1. The third kappa shape index (κ3) is 3.75. The minimum atomic E-state index is -0.404. The van der Waals surface area contributed by atoms with E-state index in [0.29, 0.717) is 31.3 Å². The molecule has 1 N–H and O–H groups in total. The Hall–Kier alpha value is -1.77. The summed E-state index contributed by atoms with van der Waals surface area (Å²) in [7, 11) is 0. The molecule has 0 bridgehead atoms. The summed E-state index contributed by atoms with van der Waals surface area (Å²) < 4.78 is 17.0. The van der Waals surface area contributed by atoms with Gasteiger partial charge in [0.05, 0.1) is 24.9 Å². The topological polar surface area (TPSA) is 85.8 Å². The lowest BCUT2D eigenvalue weighted by Gasteiger charge is -2.37. The van der Waals surface area contributed by atoms with E-state index in [0.717, 1.165) is 45.4 Å². The predicted octanol–water partition coefficient (Wildman–Crippen LogP) is 0.729. The van der Waals surface area contributed by atoms with Crippen molar-refractivity contribution >= 4 is 11.9 Å². The van der Waals surface area contributed by atoms with Crippen molar-refractivity contribution in [1.82, 2.24) is 15.3 Å². The van der Waals surface area contributed by atoms with Crippen molar-refractivity contribution in [2.24, 2.45) is 0 Å². The highest BCUT2D eigenvalue weighted by Gasteiger charge is 2.40. The lowest BCUT2D eigenvalue weighted by atomic mass is 10.0. The molecule has 3 fully saturated rings. The van der Waals surface area contributed by atoms with Gasteiger partial charge in [-0.05, 0) is 12.8 Å². The first-order valence-electron chi connectivity index (χ1n) is 8.99. The van der Waals surface area contributed by atoms with Crippen molar-refractivity contribution < 1.29 is 19.0 Å². The Kier molecular flexibility index (Phi) is 4.82. The summed E-state index contributed by atoms with van der Waals surface area (Å²) in [4.78, 5) is 23.0. The standard InChI is InChI=1S/C17H24N4O4/c22-15(18-12-14-2-1-7-23-14)13-10-19-16(20-11-13)21-5-3-17(4-6-21)24-8-9-25-17/h10-11,14H,1-9,12H2,(H,18,22). The van der Waals surface area contributed by atoms with Crippen LogP contribution in [0.3, 0.4) is 0 Å². The van der Waals surface area contributed by atoms with Crippen LogP contribution in [0.25, 0.3) is 0 Å². The van der Waals surface area contributed by atoms with Gasteiger partial charge in [0.2, 0.25) is 5.95 Å². The minimum Gasteiger partial charge on any atom is -0.376 e. The number of amides is 1. The summed E-state index contributed by atoms with van der Waals surface area (Å²) in [5.74, 6) is 0.0782. The third-order valence-electron chi connectivity index (χ3n) is 5.04. The smallest absolute Gasteiger partial charge is 0.254 e. The van der Waals surface area contributed by atoms with Gasteiger partial charge in [-0.25, -0.2) is 9.97 Å². The quantitative estimate of drug-likeness (QED) is 0.858. The van der Waals surface area contributed by atoms with Gasteiger partial charge in [-0.2, -0.15) is 0 Å². The monoisotopic (exact) mass is 348 g/mol. The fourth-order valence-corrected chi connectivity index (χ4v) is 3.55. The number of hydrogen-bond donors (Lipinski definition) is 1. The number of rotatable bonds is 4. The van der Waals surface area contributed by atoms with E-state index in [4.69, 9.17) is 14.2 Å². The molecule has 1 aromatic rings. The van der Waals surface area contributed by atoms with Gasteiger partial charge in [0, 0.05) is 51.5 Å². The van der Waals surface area contributed by atoms with Crippen LogP contribution >= 0.6 is 0 Å². The molecule has 1 amide bonds. The molecular weight excluding hydrogens is 324 g/mol. The Morgan fingerprint density at radius 1 is 1.20 bits per heavy atom. The molecule has 1 aromatic heterocycles. The molecule has 3 aliphatic rings. The molecule has 4 rings (SSSR count). The number of ether oxygens (including phenoxy) is 3. The van der Waals surface area contributed by atoms with Crippen LogP contribution < -0.4 is 10.2 Å². The second-order valence-electron chi connectivity index (χ2n) is 6.71. The molecule has 136 valence electrons. The average Bonchev–Trinajstić information content (AvgIpc) is 3.33. The number of nitrogens with one attached hydrogen (secondary N) is 1. The molecule has 0 radical (unpaired) electrons. The van der Waals surface area contributed by atoms with E-state index in [9.17, 15) is 4.79 Å². The fourth-order valence-electron chi connectivity index (χ4n) is 3.55. The predicted molar refractivity (Wildman–Crippen MR) is 89.4 cm³/mol. The second-order valence-corrected chi connectivity index (χ2v) is 6.71.